The Bertz CT molecular complexity index is 989. The van der Waals surface area contributed by atoms with Crippen LogP contribution in [0.25, 0.3) is 11.0 Å². The van der Waals surface area contributed by atoms with Crippen molar-refractivity contribution in [1.82, 2.24) is 20.0 Å². The second-order valence-corrected chi connectivity index (χ2v) is 7.55. The van der Waals surface area contributed by atoms with Crippen LogP contribution in [0.15, 0.2) is 34.9 Å². The molecule has 4 rings (SSSR count). The molecule has 1 amide bonds. The van der Waals surface area contributed by atoms with Crippen molar-refractivity contribution >= 4 is 22.7 Å². The highest BCUT2D eigenvalue weighted by molar-refractivity contribution is 5.86. The molecular weight excluding hydrogens is 354 g/mol. The van der Waals surface area contributed by atoms with E-state index in [1.165, 1.54) is 0 Å². The summed E-state index contributed by atoms with van der Waals surface area (Å²) < 4.78 is 5.31. The largest absolute Gasteiger partial charge is 0.356 e. The van der Waals surface area contributed by atoms with Gasteiger partial charge in [0.15, 0.2) is 5.58 Å². The smallest absolute Gasteiger partial charge is 0.228 e. The second kappa shape index (κ2) is 7.58. The van der Waals surface area contributed by atoms with Gasteiger partial charge in [0.05, 0.1) is 6.42 Å². The summed E-state index contributed by atoms with van der Waals surface area (Å²) in [6.07, 6.45) is 0.265. The highest BCUT2D eigenvalue weighted by Gasteiger charge is 2.24. The maximum atomic E-state index is 12.7. The van der Waals surface area contributed by atoms with Gasteiger partial charge in [-0.3, -0.25) is 4.79 Å². The average molecular weight is 379 g/mol. The number of para-hydroxylation sites is 1. The molecule has 7 heteroatoms. The fourth-order valence-corrected chi connectivity index (χ4v) is 3.50. The van der Waals surface area contributed by atoms with Gasteiger partial charge in [-0.1, -0.05) is 31.1 Å². The van der Waals surface area contributed by atoms with Gasteiger partial charge in [0, 0.05) is 49.2 Å². The Morgan fingerprint density at radius 2 is 1.89 bits per heavy atom. The van der Waals surface area contributed by atoms with Crippen LogP contribution >= 0.6 is 0 Å². The molecule has 1 aromatic carbocycles. The van der Waals surface area contributed by atoms with Crippen LogP contribution in [-0.4, -0.2) is 52.1 Å². The normalized spacial score (nSPS) is 14.9. The highest BCUT2D eigenvalue weighted by atomic mass is 16.5. The van der Waals surface area contributed by atoms with E-state index in [2.05, 4.69) is 28.9 Å². The summed E-state index contributed by atoms with van der Waals surface area (Å²) in [5.74, 6) is 2.19. The Hall–Kier alpha value is -2.96. The minimum absolute atomic E-state index is 0.0837. The zero-order valence-corrected chi connectivity index (χ0v) is 16.6. The molecule has 1 saturated heterocycles. The quantitative estimate of drug-likeness (QED) is 0.694. The fourth-order valence-electron chi connectivity index (χ4n) is 3.50. The third-order valence-corrected chi connectivity index (χ3v) is 5.10. The van der Waals surface area contributed by atoms with Crippen LogP contribution in [0.1, 0.15) is 37.0 Å². The first-order valence-electron chi connectivity index (χ1n) is 9.73. The van der Waals surface area contributed by atoms with Gasteiger partial charge < -0.3 is 14.3 Å². The first-order chi connectivity index (χ1) is 13.5. The molecule has 0 radical (unpaired) electrons. The maximum absolute atomic E-state index is 12.7. The van der Waals surface area contributed by atoms with Gasteiger partial charge in [-0.25, -0.2) is 9.97 Å². The monoisotopic (exact) mass is 379 g/mol. The Morgan fingerprint density at radius 1 is 1.14 bits per heavy atom. The van der Waals surface area contributed by atoms with E-state index in [9.17, 15) is 4.79 Å². The lowest BCUT2D eigenvalue weighted by Gasteiger charge is -2.35. The van der Waals surface area contributed by atoms with E-state index in [1.807, 2.05) is 42.2 Å². The number of hydrogen-bond donors (Lipinski definition) is 0. The lowest BCUT2D eigenvalue weighted by molar-refractivity contribution is -0.130. The number of piperazine rings is 1. The number of hydrogen-bond acceptors (Lipinski definition) is 6. The SMILES string of the molecule is Cc1cc(N2CCN(C(=O)Cc3noc4ccccc34)CC2)nc(C(C)C)n1. The van der Waals surface area contributed by atoms with Crippen molar-refractivity contribution in [3.8, 4) is 0 Å². The zero-order valence-electron chi connectivity index (χ0n) is 16.6. The third-order valence-electron chi connectivity index (χ3n) is 5.10. The van der Waals surface area contributed by atoms with Gasteiger partial charge in [0.1, 0.15) is 17.3 Å². The minimum Gasteiger partial charge on any atom is -0.356 e. The molecule has 0 spiro atoms. The standard InChI is InChI=1S/C21H25N5O2/c1-14(2)21-22-15(3)12-19(23-21)25-8-10-26(11-9-25)20(27)13-17-16-6-4-5-7-18(16)28-24-17/h4-7,12,14H,8-11,13H2,1-3H3. The molecule has 0 aliphatic carbocycles. The molecule has 0 N–H and O–H groups in total. The molecule has 28 heavy (non-hydrogen) atoms. The lowest BCUT2D eigenvalue weighted by Crippen LogP contribution is -2.49. The van der Waals surface area contributed by atoms with Crippen molar-refractivity contribution in [3.63, 3.8) is 0 Å². The van der Waals surface area contributed by atoms with Crippen LogP contribution in [0.2, 0.25) is 0 Å². The lowest BCUT2D eigenvalue weighted by atomic mass is 10.1. The van der Waals surface area contributed by atoms with E-state index in [-0.39, 0.29) is 12.3 Å². The average Bonchev–Trinajstić information content (AvgIpc) is 3.10. The van der Waals surface area contributed by atoms with Crippen molar-refractivity contribution in [2.75, 3.05) is 31.1 Å². The van der Waals surface area contributed by atoms with E-state index in [4.69, 9.17) is 9.51 Å². The molecular formula is C21H25N5O2. The van der Waals surface area contributed by atoms with E-state index in [0.717, 1.165) is 41.4 Å². The number of fused-ring (bicyclic) bond motifs is 1. The van der Waals surface area contributed by atoms with Gasteiger partial charge in [0.2, 0.25) is 5.91 Å². The number of carbonyl (C=O) groups excluding carboxylic acids is 1. The van der Waals surface area contributed by atoms with E-state index in [1.54, 1.807) is 0 Å². The predicted molar refractivity (Wildman–Crippen MR) is 107 cm³/mol. The summed E-state index contributed by atoms with van der Waals surface area (Å²) in [7, 11) is 0. The fraction of sp³-hybridized carbons (Fsp3) is 0.429. The van der Waals surface area contributed by atoms with Crippen LogP contribution in [0, 0.1) is 6.92 Å². The van der Waals surface area contributed by atoms with Crippen molar-refractivity contribution in [2.45, 2.75) is 33.1 Å². The number of carbonyl (C=O) groups is 1. The summed E-state index contributed by atoms with van der Waals surface area (Å²) >= 11 is 0. The van der Waals surface area contributed by atoms with Crippen LogP contribution < -0.4 is 4.90 Å². The molecule has 1 aliphatic heterocycles. The predicted octanol–water partition coefficient (Wildman–Crippen LogP) is 2.94. The van der Waals surface area contributed by atoms with E-state index in [0.29, 0.717) is 24.7 Å². The molecule has 1 fully saturated rings. The number of nitrogens with zero attached hydrogens (tertiary/aromatic N) is 5. The molecule has 3 heterocycles. The van der Waals surface area contributed by atoms with Gasteiger partial charge in [-0.05, 0) is 19.1 Å². The van der Waals surface area contributed by atoms with Gasteiger partial charge >= 0.3 is 0 Å². The van der Waals surface area contributed by atoms with Crippen LogP contribution in [0.5, 0.6) is 0 Å². The summed E-state index contributed by atoms with van der Waals surface area (Å²) in [5, 5.41) is 4.99. The zero-order chi connectivity index (χ0) is 19.7. The molecule has 2 aromatic heterocycles. The minimum atomic E-state index is 0.0837. The number of anilines is 1. The number of benzene rings is 1. The van der Waals surface area contributed by atoms with Crippen LogP contribution in [-0.2, 0) is 11.2 Å². The first kappa shape index (κ1) is 18.4. The van der Waals surface area contributed by atoms with Crippen molar-refractivity contribution < 1.29 is 9.32 Å². The Labute approximate surface area is 164 Å². The molecule has 146 valence electrons. The molecule has 0 bridgehead atoms. The Balaban J connectivity index is 1.41. The van der Waals surface area contributed by atoms with Gasteiger partial charge in [-0.15, -0.1) is 0 Å². The molecule has 3 aromatic rings. The summed E-state index contributed by atoms with van der Waals surface area (Å²) in [4.78, 5) is 26.1. The second-order valence-electron chi connectivity index (χ2n) is 7.55. The van der Waals surface area contributed by atoms with Gasteiger partial charge in [-0.2, -0.15) is 0 Å². The van der Waals surface area contributed by atoms with Crippen molar-refractivity contribution in [2.24, 2.45) is 0 Å². The number of aryl methyl sites for hydroxylation is 1. The summed E-state index contributed by atoms with van der Waals surface area (Å²) in [6.45, 7) is 9.08. The number of amides is 1. The molecule has 0 unspecified atom stereocenters. The van der Waals surface area contributed by atoms with E-state index < -0.39 is 0 Å². The Morgan fingerprint density at radius 3 is 2.64 bits per heavy atom. The number of aromatic nitrogens is 3. The molecule has 0 atom stereocenters. The maximum Gasteiger partial charge on any atom is 0.228 e. The van der Waals surface area contributed by atoms with E-state index >= 15 is 0 Å². The summed E-state index contributed by atoms with van der Waals surface area (Å²) in [5.41, 5.74) is 2.40. The topological polar surface area (TPSA) is 75.4 Å². The third kappa shape index (κ3) is 3.69. The highest BCUT2D eigenvalue weighted by Crippen LogP contribution is 2.21. The van der Waals surface area contributed by atoms with Gasteiger partial charge in [0.25, 0.3) is 0 Å². The Kier molecular flexibility index (Phi) is 4.98. The molecule has 7 nitrogen and oxygen atoms in total. The summed E-state index contributed by atoms with van der Waals surface area (Å²) in [6, 6.07) is 9.66. The number of rotatable bonds is 4. The van der Waals surface area contributed by atoms with Crippen LogP contribution in [0.4, 0.5) is 5.82 Å². The first-order valence-corrected chi connectivity index (χ1v) is 9.73. The van der Waals surface area contributed by atoms with Crippen LogP contribution in [0.3, 0.4) is 0 Å². The van der Waals surface area contributed by atoms with Crippen molar-refractivity contribution in [1.29, 1.82) is 0 Å². The molecule has 1 aliphatic rings. The molecule has 0 saturated carbocycles. The van der Waals surface area contributed by atoms with Crippen molar-refractivity contribution in [3.05, 3.63) is 47.5 Å².